The molecule has 4 rings (SSSR count). The van der Waals surface area contributed by atoms with Crippen molar-refractivity contribution in [3.8, 4) is 11.5 Å². The van der Waals surface area contributed by atoms with Gasteiger partial charge < -0.3 is 9.73 Å². The number of rotatable bonds is 3. The number of anilines is 1. The third-order valence-electron chi connectivity index (χ3n) is 5.03. The number of aromatic nitrogens is 1. The third-order valence-corrected chi connectivity index (χ3v) is 6.24. The second kappa shape index (κ2) is 9.17. The second-order valence-electron chi connectivity index (χ2n) is 7.46. The van der Waals surface area contributed by atoms with Crippen molar-refractivity contribution >= 4 is 74.2 Å². The van der Waals surface area contributed by atoms with Gasteiger partial charge in [-0.05, 0) is 109 Å². The van der Waals surface area contributed by atoms with Crippen molar-refractivity contribution in [1.29, 1.82) is 0 Å². The van der Waals surface area contributed by atoms with E-state index in [0.29, 0.717) is 16.5 Å². The average molecular weight is 576 g/mol. The summed E-state index contributed by atoms with van der Waals surface area (Å²) < 4.78 is 6.98. The number of hydrogen-bond acceptors (Lipinski definition) is 4. The highest BCUT2D eigenvalue weighted by Gasteiger charge is 2.16. The van der Waals surface area contributed by atoms with E-state index < -0.39 is 0 Å². The number of fused-ring (bicyclic) bond motifs is 1. The molecule has 0 aliphatic rings. The molecule has 0 aliphatic heterocycles. The number of thiocarbonyl (C=S) groups is 1. The molecule has 0 radical (unpaired) electrons. The Labute approximate surface area is 209 Å². The van der Waals surface area contributed by atoms with Gasteiger partial charge in [-0.1, -0.05) is 23.7 Å². The lowest BCUT2D eigenvalue weighted by Gasteiger charge is -2.14. The molecular weight excluding hydrogens is 557 g/mol. The molecule has 0 atom stereocenters. The van der Waals surface area contributed by atoms with Crippen LogP contribution in [0.4, 0.5) is 5.69 Å². The first-order valence-corrected chi connectivity index (χ1v) is 11.6. The Morgan fingerprint density at radius 1 is 1.12 bits per heavy atom. The second-order valence-corrected chi connectivity index (χ2v) is 9.52. The molecule has 0 unspecified atom stereocenters. The number of amides is 1. The molecule has 0 aliphatic carbocycles. The van der Waals surface area contributed by atoms with E-state index in [9.17, 15) is 4.79 Å². The number of nitrogens with zero attached hydrogens (tertiary/aromatic N) is 1. The van der Waals surface area contributed by atoms with Gasteiger partial charge in [0.05, 0.1) is 10.6 Å². The van der Waals surface area contributed by atoms with Crippen LogP contribution in [0.5, 0.6) is 0 Å². The van der Waals surface area contributed by atoms with Crippen molar-refractivity contribution in [2.24, 2.45) is 0 Å². The lowest BCUT2D eigenvalue weighted by molar-refractivity contribution is 0.0978. The van der Waals surface area contributed by atoms with Gasteiger partial charge in [-0.15, -0.1) is 0 Å². The first kappa shape index (κ1) is 22.7. The van der Waals surface area contributed by atoms with E-state index in [4.69, 9.17) is 28.2 Å². The maximum Gasteiger partial charge on any atom is 0.258 e. The fraction of sp³-hybridized carbons (Fsp3) is 0.125. The van der Waals surface area contributed by atoms with E-state index in [1.165, 1.54) is 0 Å². The molecule has 8 heteroatoms. The van der Waals surface area contributed by atoms with Crippen molar-refractivity contribution in [3.63, 3.8) is 0 Å². The summed E-state index contributed by atoms with van der Waals surface area (Å²) in [5.41, 5.74) is 6.64. The standard InChI is InChI=1S/C24H19ClIN3O2S/c1-12-9-13(2)21-20(10-12)27-23(31-21)16-5-4-6-19(14(16)3)28-24(32)29-22(30)17-11-15(26)7-8-18(17)25/h4-11H,1-3H3,(H2,28,29,30,32). The van der Waals surface area contributed by atoms with Crippen molar-refractivity contribution in [1.82, 2.24) is 10.3 Å². The molecule has 162 valence electrons. The van der Waals surface area contributed by atoms with Crippen LogP contribution < -0.4 is 10.6 Å². The summed E-state index contributed by atoms with van der Waals surface area (Å²) in [7, 11) is 0. The number of benzene rings is 3. The molecule has 0 bridgehead atoms. The van der Waals surface area contributed by atoms with Crippen LogP contribution >= 0.6 is 46.4 Å². The summed E-state index contributed by atoms with van der Waals surface area (Å²) in [6.07, 6.45) is 0. The van der Waals surface area contributed by atoms with Gasteiger partial charge in [0.15, 0.2) is 10.7 Å². The first-order valence-electron chi connectivity index (χ1n) is 9.78. The van der Waals surface area contributed by atoms with E-state index in [1.54, 1.807) is 12.1 Å². The van der Waals surface area contributed by atoms with Gasteiger partial charge in [0.25, 0.3) is 5.91 Å². The maximum atomic E-state index is 12.6. The summed E-state index contributed by atoms with van der Waals surface area (Å²) in [6.45, 7) is 6.00. The highest BCUT2D eigenvalue weighted by atomic mass is 127. The van der Waals surface area contributed by atoms with Crippen LogP contribution in [0.3, 0.4) is 0 Å². The zero-order chi connectivity index (χ0) is 23.0. The smallest absolute Gasteiger partial charge is 0.258 e. The fourth-order valence-corrected chi connectivity index (χ4v) is 4.39. The van der Waals surface area contributed by atoms with E-state index in [-0.39, 0.29) is 11.0 Å². The summed E-state index contributed by atoms with van der Waals surface area (Å²) >= 11 is 13.7. The molecular formula is C24H19ClIN3O2S. The topological polar surface area (TPSA) is 67.2 Å². The molecule has 2 N–H and O–H groups in total. The fourth-order valence-electron chi connectivity index (χ4n) is 3.49. The lowest BCUT2D eigenvalue weighted by Crippen LogP contribution is -2.34. The van der Waals surface area contributed by atoms with Gasteiger partial charge in [-0.3, -0.25) is 10.1 Å². The van der Waals surface area contributed by atoms with Crippen molar-refractivity contribution in [2.75, 3.05) is 5.32 Å². The maximum absolute atomic E-state index is 12.6. The minimum absolute atomic E-state index is 0.175. The number of oxazole rings is 1. The van der Waals surface area contributed by atoms with Crippen molar-refractivity contribution in [2.45, 2.75) is 20.8 Å². The molecule has 1 aromatic heterocycles. The molecule has 4 aromatic rings. The largest absolute Gasteiger partial charge is 0.436 e. The van der Waals surface area contributed by atoms with Crippen LogP contribution in [0.2, 0.25) is 5.02 Å². The molecule has 0 saturated carbocycles. The number of hydrogen-bond donors (Lipinski definition) is 2. The molecule has 1 heterocycles. The van der Waals surface area contributed by atoms with E-state index in [2.05, 4.69) is 44.3 Å². The Hall–Kier alpha value is -2.49. The minimum atomic E-state index is -0.371. The monoisotopic (exact) mass is 575 g/mol. The summed E-state index contributed by atoms with van der Waals surface area (Å²) in [4.78, 5) is 17.3. The van der Waals surface area contributed by atoms with E-state index in [1.807, 2.05) is 51.1 Å². The van der Waals surface area contributed by atoms with Gasteiger partial charge in [-0.2, -0.15) is 0 Å². The number of halogens is 2. The molecule has 0 spiro atoms. The molecule has 32 heavy (non-hydrogen) atoms. The van der Waals surface area contributed by atoms with Gasteiger partial charge in [-0.25, -0.2) is 4.98 Å². The van der Waals surface area contributed by atoms with Gasteiger partial charge in [0, 0.05) is 14.8 Å². The van der Waals surface area contributed by atoms with Gasteiger partial charge in [0.2, 0.25) is 5.89 Å². The van der Waals surface area contributed by atoms with Crippen LogP contribution in [0.25, 0.3) is 22.6 Å². The number of carbonyl (C=O) groups is 1. The minimum Gasteiger partial charge on any atom is -0.436 e. The predicted molar refractivity (Wildman–Crippen MR) is 142 cm³/mol. The van der Waals surface area contributed by atoms with E-state index in [0.717, 1.165) is 42.6 Å². The molecule has 1 amide bonds. The Bertz CT molecular complexity index is 1380. The highest BCUT2D eigenvalue weighted by Crippen LogP contribution is 2.32. The molecule has 3 aromatic carbocycles. The highest BCUT2D eigenvalue weighted by molar-refractivity contribution is 14.1. The van der Waals surface area contributed by atoms with Crippen molar-refractivity contribution < 1.29 is 9.21 Å². The zero-order valence-corrected chi connectivity index (χ0v) is 21.3. The normalized spacial score (nSPS) is 10.9. The van der Waals surface area contributed by atoms with E-state index >= 15 is 0 Å². The lowest BCUT2D eigenvalue weighted by atomic mass is 10.1. The zero-order valence-electron chi connectivity index (χ0n) is 17.5. The molecule has 0 saturated heterocycles. The van der Waals surface area contributed by atoms with Crippen LogP contribution in [0.15, 0.2) is 52.9 Å². The first-order chi connectivity index (χ1) is 15.2. The number of carbonyl (C=O) groups excluding carboxylic acids is 1. The Balaban J connectivity index is 1.58. The summed E-state index contributed by atoms with van der Waals surface area (Å²) in [5.74, 6) is 0.167. The van der Waals surface area contributed by atoms with Crippen LogP contribution in [0, 0.1) is 24.3 Å². The SMILES string of the molecule is Cc1cc(C)c2oc(-c3cccc(NC(=S)NC(=O)c4cc(I)ccc4Cl)c3C)nc2c1. The Kier molecular flexibility index (Phi) is 6.50. The quantitative estimate of drug-likeness (QED) is 0.208. The van der Waals surface area contributed by atoms with Gasteiger partial charge >= 0.3 is 0 Å². The van der Waals surface area contributed by atoms with Crippen LogP contribution in [-0.4, -0.2) is 16.0 Å². The third kappa shape index (κ3) is 4.65. The number of aryl methyl sites for hydroxylation is 2. The average Bonchev–Trinajstić information content (AvgIpc) is 3.15. The predicted octanol–water partition coefficient (Wildman–Crippen LogP) is 6.80. The molecule has 0 fully saturated rings. The Morgan fingerprint density at radius 3 is 2.69 bits per heavy atom. The molecule has 5 nitrogen and oxygen atoms in total. The van der Waals surface area contributed by atoms with Crippen LogP contribution in [0.1, 0.15) is 27.0 Å². The van der Waals surface area contributed by atoms with Crippen molar-refractivity contribution in [3.05, 3.63) is 79.4 Å². The Morgan fingerprint density at radius 2 is 1.91 bits per heavy atom. The van der Waals surface area contributed by atoms with Crippen LogP contribution in [-0.2, 0) is 0 Å². The summed E-state index contributed by atoms with van der Waals surface area (Å²) in [6, 6.07) is 15.0. The van der Waals surface area contributed by atoms with Gasteiger partial charge in [0.1, 0.15) is 5.52 Å². The number of nitrogens with one attached hydrogen (secondary N) is 2. The summed E-state index contributed by atoms with van der Waals surface area (Å²) in [5, 5.41) is 6.32.